The average Bonchev–Trinajstić information content (AvgIpc) is 2.40. The topological polar surface area (TPSA) is 32.3 Å². The normalized spacial score (nSPS) is 16.7. The van der Waals surface area contributed by atoms with E-state index in [2.05, 4.69) is 51.2 Å². The van der Waals surface area contributed by atoms with Crippen LogP contribution in [-0.4, -0.2) is 34.7 Å². The lowest BCUT2D eigenvalue weighted by Crippen LogP contribution is -2.41. The number of nitrogens with one attached hydrogen (secondary N) is 1. The quantitative estimate of drug-likeness (QED) is 0.842. The summed E-state index contributed by atoms with van der Waals surface area (Å²) in [5, 5.41) is 3.65. The number of carbonyl (C=O) groups excluding carboxylic acids is 1. The lowest BCUT2D eigenvalue weighted by molar-refractivity contribution is -0.129. The molecule has 0 spiro atoms. The summed E-state index contributed by atoms with van der Waals surface area (Å²) in [6.07, 6.45) is 2.05. The second kappa shape index (κ2) is 6.95. The Hall–Kier alpha value is -1.16. The van der Waals surface area contributed by atoms with Gasteiger partial charge in [0.05, 0.1) is 0 Å². The number of hydrogen-bond acceptors (Lipinski definition) is 3. The molecule has 1 saturated heterocycles. The molecule has 1 fully saturated rings. The third-order valence-electron chi connectivity index (χ3n) is 3.92. The van der Waals surface area contributed by atoms with Gasteiger partial charge >= 0.3 is 0 Å². The highest BCUT2D eigenvalue weighted by atomic mass is 32.2. The molecule has 0 aliphatic carbocycles. The number of hydrogen-bond donors (Lipinski definition) is 1. The van der Waals surface area contributed by atoms with Crippen LogP contribution in [0.5, 0.6) is 0 Å². The van der Waals surface area contributed by atoms with E-state index < -0.39 is 0 Å². The summed E-state index contributed by atoms with van der Waals surface area (Å²) >= 11 is 1.90. The summed E-state index contributed by atoms with van der Waals surface area (Å²) < 4.78 is 0.237. The van der Waals surface area contributed by atoms with Crippen LogP contribution < -0.4 is 5.32 Å². The third-order valence-corrected chi connectivity index (χ3v) is 5.02. The molecule has 1 aliphatic rings. The zero-order chi connectivity index (χ0) is 16.3. The van der Waals surface area contributed by atoms with Gasteiger partial charge in [-0.3, -0.25) is 4.79 Å². The molecule has 1 amide bonds. The number of aryl methyl sites for hydroxylation is 1. The van der Waals surface area contributed by atoms with Crippen molar-refractivity contribution >= 4 is 23.4 Å². The summed E-state index contributed by atoms with van der Waals surface area (Å²) in [6.45, 7) is 12.3. The molecule has 0 saturated carbocycles. The Kier molecular flexibility index (Phi) is 5.43. The fourth-order valence-electron chi connectivity index (χ4n) is 2.77. The second-order valence-corrected chi connectivity index (χ2v) is 9.02. The number of benzene rings is 1. The first-order valence-electron chi connectivity index (χ1n) is 8.06. The van der Waals surface area contributed by atoms with Gasteiger partial charge in [0.25, 0.3) is 0 Å². The molecule has 3 nitrogen and oxygen atoms in total. The van der Waals surface area contributed by atoms with E-state index >= 15 is 0 Å². The van der Waals surface area contributed by atoms with Gasteiger partial charge in [-0.2, -0.15) is 0 Å². The van der Waals surface area contributed by atoms with Crippen LogP contribution in [-0.2, 0) is 4.79 Å². The number of nitrogens with zero attached hydrogens (tertiary/aromatic N) is 1. The average molecular weight is 321 g/mol. The Morgan fingerprint density at radius 2 is 1.91 bits per heavy atom. The fourth-order valence-corrected chi connectivity index (χ4v) is 3.85. The van der Waals surface area contributed by atoms with Crippen molar-refractivity contribution in [2.24, 2.45) is 0 Å². The maximum absolute atomic E-state index is 11.4. The van der Waals surface area contributed by atoms with Gasteiger partial charge in [0.15, 0.2) is 0 Å². The van der Waals surface area contributed by atoms with Crippen LogP contribution in [0.4, 0.5) is 5.69 Å². The Balaban J connectivity index is 1.95. The standard InChI is InChI=1S/C18H28N2OS/c1-13-12-16(22-18(3,4)5)6-7-17(13)19-15-8-10-20(11-9-15)14(2)21/h6-7,12,15,19H,8-11H2,1-5H3. The van der Waals surface area contributed by atoms with E-state index in [-0.39, 0.29) is 10.7 Å². The number of piperidine rings is 1. The van der Waals surface area contributed by atoms with Gasteiger partial charge in [0.1, 0.15) is 0 Å². The Morgan fingerprint density at radius 3 is 2.41 bits per heavy atom. The van der Waals surface area contributed by atoms with E-state index in [1.165, 1.54) is 16.1 Å². The number of thioether (sulfide) groups is 1. The summed E-state index contributed by atoms with van der Waals surface area (Å²) in [6, 6.07) is 7.13. The molecule has 1 N–H and O–H groups in total. The largest absolute Gasteiger partial charge is 0.382 e. The van der Waals surface area contributed by atoms with Crippen molar-refractivity contribution in [1.29, 1.82) is 0 Å². The first-order chi connectivity index (χ1) is 10.2. The monoisotopic (exact) mass is 320 g/mol. The molecular formula is C18H28N2OS. The van der Waals surface area contributed by atoms with Crippen LogP contribution >= 0.6 is 11.8 Å². The molecule has 22 heavy (non-hydrogen) atoms. The first kappa shape index (κ1) is 17.2. The van der Waals surface area contributed by atoms with Crippen LogP contribution in [0.15, 0.2) is 23.1 Å². The van der Waals surface area contributed by atoms with Crippen LogP contribution in [0, 0.1) is 6.92 Å². The smallest absolute Gasteiger partial charge is 0.219 e. The second-order valence-electron chi connectivity index (χ2n) is 7.12. The number of anilines is 1. The number of likely N-dealkylation sites (tertiary alicyclic amines) is 1. The van der Waals surface area contributed by atoms with Crippen LogP contribution in [0.3, 0.4) is 0 Å². The van der Waals surface area contributed by atoms with Crippen molar-refractivity contribution in [3.05, 3.63) is 23.8 Å². The van der Waals surface area contributed by atoms with E-state index in [0.717, 1.165) is 25.9 Å². The Morgan fingerprint density at radius 1 is 1.27 bits per heavy atom. The van der Waals surface area contributed by atoms with Gasteiger partial charge in [-0.1, -0.05) is 20.8 Å². The van der Waals surface area contributed by atoms with E-state index in [1.807, 2.05) is 16.7 Å². The molecule has 0 atom stereocenters. The van der Waals surface area contributed by atoms with Crippen molar-refractivity contribution in [2.75, 3.05) is 18.4 Å². The van der Waals surface area contributed by atoms with Gasteiger partial charge in [-0.15, -0.1) is 11.8 Å². The minimum absolute atomic E-state index is 0.193. The van der Waals surface area contributed by atoms with Gasteiger partial charge in [0, 0.05) is 41.4 Å². The van der Waals surface area contributed by atoms with E-state index in [4.69, 9.17) is 0 Å². The first-order valence-corrected chi connectivity index (χ1v) is 8.88. The highest BCUT2D eigenvalue weighted by Gasteiger charge is 2.21. The zero-order valence-corrected chi connectivity index (χ0v) is 15.2. The van der Waals surface area contributed by atoms with Gasteiger partial charge in [-0.25, -0.2) is 0 Å². The van der Waals surface area contributed by atoms with Crippen LogP contribution in [0.2, 0.25) is 0 Å². The summed E-state index contributed by atoms with van der Waals surface area (Å²) in [7, 11) is 0. The summed E-state index contributed by atoms with van der Waals surface area (Å²) in [5.74, 6) is 0.193. The summed E-state index contributed by atoms with van der Waals surface area (Å²) in [5.41, 5.74) is 2.52. The van der Waals surface area contributed by atoms with Gasteiger partial charge in [-0.05, 0) is 43.5 Å². The fraction of sp³-hybridized carbons (Fsp3) is 0.611. The zero-order valence-electron chi connectivity index (χ0n) is 14.4. The molecule has 2 rings (SSSR count). The van der Waals surface area contributed by atoms with Crippen molar-refractivity contribution in [1.82, 2.24) is 4.90 Å². The molecule has 4 heteroatoms. The van der Waals surface area contributed by atoms with Crippen molar-refractivity contribution in [3.63, 3.8) is 0 Å². The van der Waals surface area contributed by atoms with Gasteiger partial charge in [0.2, 0.25) is 5.91 Å². The number of carbonyl (C=O) groups is 1. The Labute approximate surface area is 138 Å². The molecule has 1 aromatic rings. The Bertz CT molecular complexity index is 528. The lowest BCUT2D eigenvalue weighted by Gasteiger charge is -2.32. The maximum Gasteiger partial charge on any atom is 0.219 e. The van der Waals surface area contributed by atoms with E-state index in [1.54, 1.807) is 6.92 Å². The maximum atomic E-state index is 11.4. The van der Waals surface area contributed by atoms with Crippen molar-refractivity contribution < 1.29 is 4.79 Å². The third kappa shape index (κ3) is 4.94. The molecule has 0 aromatic heterocycles. The predicted octanol–water partition coefficient (Wildman–Crippen LogP) is 4.31. The van der Waals surface area contributed by atoms with E-state index in [9.17, 15) is 4.79 Å². The molecule has 0 bridgehead atoms. The van der Waals surface area contributed by atoms with Crippen LogP contribution in [0.25, 0.3) is 0 Å². The van der Waals surface area contributed by atoms with Crippen LogP contribution in [0.1, 0.15) is 46.1 Å². The minimum Gasteiger partial charge on any atom is -0.382 e. The van der Waals surface area contributed by atoms with Crippen molar-refractivity contribution in [3.8, 4) is 0 Å². The highest BCUT2D eigenvalue weighted by Crippen LogP contribution is 2.34. The lowest BCUT2D eigenvalue weighted by atomic mass is 10.0. The molecule has 0 radical (unpaired) electrons. The highest BCUT2D eigenvalue weighted by molar-refractivity contribution is 8.00. The molecule has 1 heterocycles. The molecular weight excluding hydrogens is 292 g/mol. The number of rotatable bonds is 3. The van der Waals surface area contributed by atoms with Crippen molar-refractivity contribution in [2.45, 2.75) is 63.1 Å². The predicted molar refractivity (Wildman–Crippen MR) is 95.7 cm³/mol. The van der Waals surface area contributed by atoms with Gasteiger partial charge < -0.3 is 10.2 Å². The number of amides is 1. The SMILES string of the molecule is CC(=O)N1CCC(Nc2ccc(SC(C)(C)C)cc2C)CC1. The molecule has 122 valence electrons. The molecule has 1 aromatic carbocycles. The van der Waals surface area contributed by atoms with E-state index in [0.29, 0.717) is 6.04 Å². The minimum atomic E-state index is 0.193. The molecule has 0 unspecified atom stereocenters. The molecule has 1 aliphatic heterocycles. The summed E-state index contributed by atoms with van der Waals surface area (Å²) in [4.78, 5) is 14.6.